The zero-order valence-corrected chi connectivity index (χ0v) is 44.7. The Kier molecular flexibility index (Phi) is 31.8. The SMILES string of the molecule is CCCCCCCCCCCCCCCCCC(=O)N[C@H]1CO[C@H]2OC(COC(=O)CCC(=O)O[C@@H]1[C@H](O)CCCCCCCCCCCCCC)[C@H](O)[C@H](N1CCC[C@H]1C(=O)O)C2ON1CCC[C@H]1C=O. The number of hydrogen-bond acceptors (Lipinski definition) is 14. The molecular weight excluding hydrogens is 923 g/mol. The summed E-state index contributed by atoms with van der Waals surface area (Å²) >= 11 is 0. The zero-order chi connectivity index (χ0) is 51.8. The molecule has 0 aliphatic carbocycles. The van der Waals surface area contributed by atoms with Crippen molar-refractivity contribution >= 4 is 30.1 Å². The Labute approximate surface area is 433 Å². The maximum Gasteiger partial charge on any atom is 0.320 e. The van der Waals surface area contributed by atoms with Gasteiger partial charge in [0.15, 0.2) is 6.29 Å². The number of nitrogens with zero attached hydrogens (tertiary/aromatic N) is 2. The molecule has 0 radical (unpaired) electrons. The van der Waals surface area contributed by atoms with E-state index in [2.05, 4.69) is 19.2 Å². The second-order valence-corrected chi connectivity index (χ2v) is 21.4. The Morgan fingerprint density at radius 2 is 1.25 bits per heavy atom. The summed E-state index contributed by atoms with van der Waals surface area (Å²) in [6.45, 7) is 4.44. The van der Waals surface area contributed by atoms with Crippen molar-refractivity contribution in [2.24, 2.45) is 0 Å². The van der Waals surface area contributed by atoms with Crippen LogP contribution in [0.3, 0.4) is 0 Å². The lowest BCUT2D eigenvalue weighted by molar-refractivity contribution is -0.346. The molecule has 2 bridgehead atoms. The summed E-state index contributed by atoms with van der Waals surface area (Å²) in [6, 6.07) is -3.67. The number of fused-ring (bicyclic) bond motifs is 2. The van der Waals surface area contributed by atoms with Crippen molar-refractivity contribution < 1.29 is 63.1 Å². The third-order valence-corrected chi connectivity index (χ3v) is 15.4. The first kappa shape index (κ1) is 61.8. The molecule has 416 valence electrons. The van der Waals surface area contributed by atoms with E-state index in [0.29, 0.717) is 58.0 Å². The van der Waals surface area contributed by atoms with E-state index in [1.54, 1.807) is 4.90 Å². The number of carbonyl (C=O) groups is 5. The first-order valence-corrected chi connectivity index (χ1v) is 29.2. The Morgan fingerprint density at radius 3 is 1.81 bits per heavy atom. The van der Waals surface area contributed by atoms with Gasteiger partial charge in [-0.25, -0.2) is 0 Å². The van der Waals surface area contributed by atoms with Crippen molar-refractivity contribution in [2.45, 2.75) is 300 Å². The first-order chi connectivity index (χ1) is 35.1. The van der Waals surface area contributed by atoms with Crippen molar-refractivity contribution in [1.29, 1.82) is 0 Å². The number of carboxylic acid groups (broad SMARTS) is 1. The van der Waals surface area contributed by atoms with Gasteiger partial charge in [0.2, 0.25) is 5.91 Å². The van der Waals surface area contributed by atoms with Gasteiger partial charge in [-0.2, -0.15) is 5.06 Å². The van der Waals surface area contributed by atoms with Crippen LogP contribution in [0.25, 0.3) is 0 Å². The monoisotopic (exact) mass is 1020 g/mol. The number of aliphatic carboxylic acids is 1. The molecule has 10 atom stereocenters. The lowest BCUT2D eigenvalue weighted by atomic mass is 9.93. The summed E-state index contributed by atoms with van der Waals surface area (Å²) in [5, 5.41) is 38.8. The summed E-state index contributed by atoms with van der Waals surface area (Å²) in [5.74, 6) is -2.85. The summed E-state index contributed by atoms with van der Waals surface area (Å²) < 4.78 is 24.5. The van der Waals surface area contributed by atoms with Crippen LogP contribution < -0.4 is 5.32 Å². The van der Waals surface area contributed by atoms with Crippen molar-refractivity contribution in [2.75, 3.05) is 26.3 Å². The lowest BCUT2D eigenvalue weighted by Crippen LogP contribution is -2.68. The number of nitrogens with one attached hydrogen (secondary N) is 1. The average molecular weight is 1020 g/mol. The van der Waals surface area contributed by atoms with Gasteiger partial charge in [-0.05, 0) is 45.1 Å². The Bertz CT molecular complexity index is 1510. The number of amides is 1. The van der Waals surface area contributed by atoms with Crippen LogP contribution in [0.1, 0.15) is 239 Å². The van der Waals surface area contributed by atoms with E-state index in [1.165, 1.54) is 127 Å². The van der Waals surface area contributed by atoms with Crippen molar-refractivity contribution in [3.05, 3.63) is 0 Å². The number of hydrogen-bond donors (Lipinski definition) is 4. The van der Waals surface area contributed by atoms with Crippen LogP contribution in [-0.2, 0) is 47.8 Å². The maximum absolute atomic E-state index is 13.9. The highest BCUT2D eigenvalue weighted by Crippen LogP contribution is 2.35. The molecule has 4 N–H and O–H groups in total. The summed E-state index contributed by atoms with van der Waals surface area (Å²) in [5.41, 5.74) is 0. The first-order valence-electron chi connectivity index (χ1n) is 29.2. The van der Waals surface area contributed by atoms with Crippen molar-refractivity contribution in [3.63, 3.8) is 0 Å². The van der Waals surface area contributed by atoms with Gasteiger partial charge in [0, 0.05) is 13.0 Å². The standard InChI is InChI=1S/C56H99N3O13/c1-3-5-7-9-11-13-15-17-18-19-21-23-25-27-29-35-48(62)57-44-41-69-56-54(72-59-39-30-32-43(59)40-60)51(58-38-31-33-45(58)55(66)67)52(65)47(70-56)42-68-49(63)36-37-50(64)71-53(44)46(61)34-28-26-24-22-20-16-14-12-10-8-6-4-2/h40,43-47,51-54,56,61,65H,3-39,41-42H2,1-2H3,(H,57,62)(H,66,67)/t43-,44-,45-,46+,47?,51-,52-,53-,54?,56-/m0/s1. The summed E-state index contributed by atoms with van der Waals surface area (Å²) in [7, 11) is 0. The topological polar surface area (TPSA) is 211 Å². The molecule has 16 heteroatoms. The highest BCUT2D eigenvalue weighted by atomic mass is 16.8. The number of cyclic esters (lactones) is 2. The van der Waals surface area contributed by atoms with Crippen molar-refractivity contribution in [3.8, 4) is 0 Å². The average Bonchev–Trinajstić information content (AvgIpc) is 4.05. The minimum atomic E-state index is -1.42. The maximum atomic E-state index is 13.9. The molecule has 4 rings (SSSR count). The molecule has 1 amide bonds. The van der Waals surface area contributed by atoms with Gasteiger partial charge in [-0.3, -0.25) is 28.9 Å². The molecule has 0 spiro atoms. The molecule has 2 unspecified atom stereocenters. The van der Waals surface area contributed by atoms with Gasteiger partial charge in [0.1, 0.15) is 43.4 Å². The zero-order valence-electron chi connectivity index (χ0n) is 44.7. The molecule has 72 heavy (non-hydrogen) atoms. The quantitative estimate of drug-likeness (QED) is 0.0262. The van der Waals surface area contributed by atoms with Crippen LogP contribution in [0.2, 0.25) is 0 Å². The smallest absolute Gasteiger partial charge is 0.320 e. The summed E-state index contributed by atoms with van der Waals surface area (Å²) in [4.78, 5) is 73.5. The van der Waals surface area contributed by atoms with Crippen LogP contribution in [0.15, 0.2) is 0 Å². The fraction of sp³-hybridized carbons (Fsp3) is 0.911. The van der Waals surface area contributed by atoms with Crippen molar-refractivity contribution in [1.82, 2.24) is 15.3 Å². The summed E-state index contributed by atoms with van der Waals surface area (Å²) in [6.07, 6.45) is 26.7. The fourth-order valence-corrected chi connectivity index (χ4v) is 11.1. The molecule has 4 fully saturated rings. The van der Waals surface area contributed by atoms with Gasteiger partial charge >= 0.3 is 17.9 Å². The molecule has 0 aromatic carbocycles. The van der Waals surface area contributed by atoms with E-state index in [4.69, 9.17) is 23.8 Å². The number of rotatable bonds is 36. The molecule has 0 aromatic rings. The second-order valence-electron chi connectivity index (χ2n) is 21.4. The number of hydroxylamine groups is 2. The highest BCUT2D eigenvalue weighted by Gasteiger charge is 2.54. The third-order valence-electron chi connectivity index (χ3n) is 15.4. The van der Waals surface area contributed by atoms with Gasteiger partial charge in [-0.15, -0.1) is 0 Å². The number of aliphatic hydroxyl groups excluding tert-OH is 2. The molecule has 4 aliphatic rings. The molecular formula is C56H99N3O13. The lowest BCUT2D eigenvalue weighted by Gasteiger charge is -2.49. The van der Waals surface area contributed by atoms with E-state index in [0.717, 1.165) is 44.8 Å². The molecule has 16 nitrogen and oxygen atoms in total. The minimum absolute atomic E-state index is 0.214. The number of carbonyl (C=O) groups excluding carboxylic acids is 4. The third kappa shape index (κ3) is 23.0. The van der Waals surface area contributed by atoms with Gasteiger partial charge in [-0.1, -0.05) is 181 Å². The highest BCUT2D eigenvalue weighted by molar-refractivity contribution is 5.78. The number of aldehydes is 1. The molecule has 4 aliphatic heterocycles. The van der Waals surface area contributed by atoms with Crippen LogP contribution in [-0.4, -0.2) is 143 Å². The van der Waals surface area contributed by atoms with Crippen LogP contribution in [0.5, 0.6) is 0 Å². The molecule has 4 heterocycles. The molecule has 0 saturated carbocycles. The van der Waals surface area contributed by atoms with E-state index in [9.17, 15) is 39.3 Å². The number of likely N-dealkylation sites (tertiary alicyclic amines) is 1. The van der Waals surface area contributed by atoms with Gasteiger partial charge in [0.25, 0.3) is 0 Å². The predicted octanol–water partition coefficient (Wildman–Crippen LogP) is 9.42. The van der Waals surface area contributed by atoms with Crippen LogP contribution in [0.4, 0.5) is 0 Å². The molecule has 4 saturated heterocycles. The van der Waals surface area contributed by atoms with E-state index >= 15 is 0 Å². The van der Waals surface area contributed by atoms with E-state index in [1.807, 2.05) is 0 Å². The normalized spacial score (nSPS) is 27.2. The van der Waals surface area contributed by atoms with Gasteiger partial charge in [0.05, 0.1) is 43.7 Å². The Balaban J connectivity index is 1.47. The van der Waals surface area contributed by atoms with Crippen LogP contribution in [0, 0.1) is 0 Å². The van der Waals surface area contributed by atoms with Gasteiger partial charge < -0.3 is 44.4 Å². The largest absolute Gasteiger partial charge is 0.480 e. The van der Waals surface area contributed by atoms with Crippen LogP contribution >= 0.6 is 0 Å². The number of aliphatic hydroxyl groups is 2. The fourth-order valence-electron chi connectivity index (χ4n) is 11.1. The number of ether oxygens (including phenoxy) is 4. The Morgan fingerprint density at radius 1 is 0.722 bits per heavy atom. The van der Waals surface area contributed by atoms with E-state index in [-0.39, 0.29) is 31.8 Å². The Hall–Kier alpha value is -2.73. The predicted molar refractivity (Wildman–Crippen MR) is 276 cm³/mol. The second kappa shape index (κ2) is 37.1. The number of carboxylic acids is 1. The molecule has 0 aromatic heterocycles. The number of esters is 2. The number of unbranched alkanes of at least 4 members (excludes halogenated alkanes) is 25. The minimum Gasteiger partial charge on any atom is -0.480 e. The van der Waals surface area contributed by atoms with E-state index < -0.39 is 85.5 Å².